The summed E-state index contributed by atoms with van der Waals surface area (Å²) in [6.07, 6.45) is -0.102. The SMILES string of the molecule is CC(C)(CC(N)=O)NC(=O)c1cccc(F)c1F. The first-order valence-electron chi connectivity index (χ1n) is 5.28. The molecule has 98 valence electrons. The van der Waals surface area contributed by atoms with E-state index in [2.05, 4.69) is 5.32 Å². The van der Waals surface area contributed by atoms with Crippen LogP contribution in [0.5, 0.6) is 0 Å². The molecular weight excluding hydrogens is 242 g/mol. The van der Waals surface area contributed by atoms with Gasteiger partial charge in [-0.15, -0.1) is 0 Å². The third kappa shape index (κ3) is 3.51. The molecule has 2 amide bonds. The van der Waals surface area contributed by atoms with Crippen LogP contribution in [0.2, 0.25) is 0 Å². The Morgan fingerprint density at radius 1 is 1.33 bits per heavy atom. The lowest BCUT2D eigenvalue weighted by atomic mass is 9.99. The van der Waals surface area contributed by atoms with Gasteiger partial charge in [-0.25, -0.2) is 8.78 Å². The van der Waals surface area contributed by atoms with Crippen molar-refractivity contribution in [3.8, 4) is 0 Å². The zero-order chi connectivity index (χ0) is 13.9. The van der Waals surface area contributed by atoms with Crippen molar-refractivity contribution in [2.24, 2.45) is 5.73 Å². The molecular formula is C12H14F2N2O2. The van der Waals surface area contributed by atoms with Gasteiger partial charge in [0.1, 0.15) is 0 Å². The van der Waals surface area contributed by atoms with E-state index in [-0.39, 0.29) is 6.42 Å². The van der Waals surface area contributed by atoms with Gasteiger partial charge in [0.2, 0.25) is 5.91 Å². The monoisotopic (exact) mass is 256 g/mol. The molecule has 0 fully saturated rings. The molecule has 1 rings (SSSR count). The molecule has 1 aromatic rings. The zero-order valence-electron chi connectivity index (χ0n) is 10.1. The molecule has 6 heteroatoms. The lowest BCUT2D eigenvalue weighted by molar-refractivity contribution is -0.119. The Balaban J connectivity index is 2.89. The molecule has 0 aliphatic rings. The number of hydrogen-bond acceptors (Lipinski definition) is 2. The fourth-order valence-corrected chi connectivity index (χ4v) is 1.53. The third-order valence-corrected chi connectivity index (χ3v) is 2.26. The van der Waals surface area contributed by atoms with Crippen LogP contribution in [0.3, 0.4) is 0 Å². The summed E-state index contributed by atoms with van der Waals surface area (Å²) in [6.45, 7) is 3.12. The van der Waals surface area contributed by atoms with E-state index in [1.165, 1.54) is 6.07 Å². The standard InChI is InChI=1S/C12H14F2N2O2/c1-12(2,6-9(15)17)16-11(18)7-4-3-5-8(13)10(7)14/h3-5H,6H2,1-2H3,(H2,15,17)(H,16,18). The van der Waals surface area contributed by atoms with Crippen LogP contribution in [0.25, 0.3) is 0 Å². The summed E-state index contributed by atoms with van der Waals surface area (Å²) in [5, 5.41) is 2.43. The number of rotatable bonds is 4. The maximum Gasteiger partial charge on any atom is 0.254 e. The highest BCUT2D eigenvalue weighted by atomic mass is 19.2. The number of carbonyl (C=O) groups excluding carboxylic acids is 2. The van der Waals surface area contributed by atoms with Crippen LogP contribution in [0.1, 0.15) is 30.6 Å². The van der Waals surface area contributed by atoms with Crippen molar-refractivity contribution < 1.29 is 18.4 Å². The molecule has 0 radical (unpaired) electrons. The molecule has 0 bridgehead atoms. The summed E-state index contributed by atoms with van der Waals surface area (Å²) in [7, 11) is 0. The van der Waals surface area contributed by atoms with E-state index in [1.807, 2.05) is 0 Å². The van der Waals surface area contributed by atoms with E-state index in [1.54, 1.807) is 13.8 Å². The summed E-state index contributed by atoms with van der Waals surface area (Å²) >= 11 is 0. The predicted octanol–water partition coefficient (Wildman–Crippen LogP) is 1.35. The van der Waals surface area contributed by atoms with Crippen molar-refractivity contribution in [3.05, 3.63) is 35.4 Å². The smallest absolute Gasteiger partial charge is 0.254 e. The first-order chi connectivity index (χ1) is 8.23. The van der Waals surface area contributed by atoms with E-state index >= 15 is 0 Å². The lowest BCUT2D eigenvalue weighted by Gasteiger charge is -2.24. The van der Waals surface area contributed by atoms with Crippen molar-refractivity contribution >= 4 is 11.8 Å². The van der Waals surface area contributed by atoms with Gasteiger partial charge in [0.05, 0.1) is 5.56 Å². The summed E-state index contributed by atoms with van der Waals surface area (Å²) in [6, 6.07) is 3.31. The summed E-state index contributed by atoms with van der Waals surface area (Å²) in [5.41, 5.74) is 3.68. The van der Waals surface area contributed by atoms with Gasteiger partial charge in [0.15, 0.2) is 11.6 Å². The fourth-order valence-electron chi connectivity index (χ4n) is 1.53. The number of hydrogen-bond donors (Lipinski definition) is 2. The number of benzene rings is 1. The van der Waals surface area contributed by atoms with Gasteiger partial charge in [0.25, 0.3) is 5.91 Å². The summed E-state index contributed by atoms with van der Waals surface area (Å²) < 4.78 is 26.3. The maximum atomic E-state index is 13.4. The number of amides is 2. The molecule has 0 atom stereocenters. The van der Waals surface area contributed by atoms with Crippen LogP contribution >= 0.6 is 0 Å². The molecule has 18 heavy (non-hydrogen) atoms. The minimum absolute atomic E-state index is 0.102. The second-order valence-electron chi connectivity index (χ2n) is 4.58. The summed E-state index contributed by atoms with van der Waals surface area (Å²) in [4.78, 5) is 22.5. The van der Waals surface area contributed by atoms with Gasteiger partial charge in [-0.2, -0.15) is 0 Å². The Labute approximate surface area is 103 Å². The van der Waals surface area contributed by atoms with Crippen LogP contribution in [0.4, 0.5) is 8.78 Å². The maximum absolute atomic E-state index is 13.4. The highest BCUT2D eigenvalue weighted by Crippen LogP contribution is 2.14. The van der Waals surface area contributed by atoms with Crippen LogP contribution in [0.15, 0.2) is 18.2 Å². The molecule has 0 saturated heterocycles. The quantitative estimate of drug-likeness (QED) is 0.853. The molecule has 0 heterocycles. The molecule has 3 N–H and O–H groups in total. The third-order valence-electron chi connectivity index (χ3n) is 2.26. The van der Waals surface area contributed by atoms with Crippen LogP contribution in [0, 0.1) is 11.6 Å². The van der Waals surface area contributed by atoms with Gasteiger partial charge in [-0.1, -0.05) is 6.07 Å². The van der Waals surface area contributed by atoms with Crippen LogP contribution in [-0.2, 0) is 4.79 Å². The number of nitrogens with one attached hydrogen (secondary N) is 1. The first kappa shape index (κ1) is 14.1. The molecule has 0 aliphatic heterocycles. The Kier molecular flexibility index (Phi) is 4.00. The minimum atomic E-state index is -1.22. The normalized spacial score (nSPS) is 11.1. The lowest BCUT2D eigenvalue weighted by Crippen LogP contribution is -2.46. The molecule has 1 aromatic carbocycles. The zero-order valence-corrected chi connectivity index (χ0v) is 10.1. The highest BCUT2D eigenvalue weighted by Gasteiger charge is 2.25. The Bertz CT molecular complexity index is 487. The number of primary amides is 1. The van der Waals surface area contributed by atoms with Crippen LogP contribution in [-0.4, -0.2) is 17.4 Å². The van der Waals surface area contributed by atoms with Crippen LogP contribution < -0.4 is 11.1 Å². The van der Waals surface area contributed by atoms with Gasteiger partial charge in [0, 0.05) is 12.0 Å². The molecule has 0 spiro atoms. The minimum Gasteiger partial charge on any atom is -0.370 e. The highest BCUT2D eigenvalue weighted by molar-refractivity contribution is 5.95. The average Bonchev–Trinajstić information content (AvgIpc) is 2.18. The van der Waals surface area contributed by atoms with Gasteiger partial charge in [-0.05, 0) is 26.0 Å². The van der Waals surface area contributed by atoms with Crippen molar-refractivity contribution in [3.63, 3.8) is 0 Å². The average molecular weight is 256 g/mol. The largest absolute Gasteiger partial charge is 0.370 e. The van der Waals surface area contributed by atoms with Gasteiger partial charge < -0.3 is 11.1 Å². The van der Waals surface area contributed by atoms with E-state index in [0.29, 0.717) is 0 Å². The van der Waals surface area contributed by atoms with Crippen molar-refractivity contribution in [2.45, 2.75) is 25.8 Å². The van der Waals surface area contributed by atoms with Gasteiger partial charge in [-0.3, -0.25) is 9.59 Å². The number of nitrogens with two attached hydrogens (primary N) is 1. The molecule has 0 saturated carbocycles. The Morgan fingerprint density at radius 3 is 2.50 bits per heavy atom. The topological polar surface area (TPSA) is 72.2 Å². The summed E-state index contributed by atoms with van der Waals surface area (Å²) in [5.74, 6) is -3.71. The predicted molar refractivity (Wildman–Crippen MR) is 61.7 cm³/mol. The van der Waals surface area contributed by atoms with E-state index in [0.717, 1.165) is 12.1 Å². The van der Waals surface area contributed by atoms with Crippen molar-refractivity contribution in [1.29, 1.82) is 0 Å². The van der Waals surface area contributed by atoms with E-state index < -0.39 is 34.6 Å². The first-order valence-corrected chi connectivity index (χ1v) is 5.28. The van der Waals surface area contributed by atoms with E-state index in [9.17, 15) is 18.4 Å². The second-order valence-corrected chi connectivity index (χ2v) is 4.58. The molecule has 0 unspecified atom stereocenters. The Hall–Kier alpha value is -1.98. The molecule has 0 aliphatic carbocycles. The van der Waals surface area contributed by atoms with E-state index in [4.69, 9.17) is 5.73 Å². The second kappa shape index (κ2) is 5.12. The molecule has 4 nitrogen and oxygen atoms in total. The number of halogens is 2. The molecule has 0 aromatic heterocycles. The fraction of sp³-hybridized carbons (Fsp3) is 0.333. The van der Waals surface area contributed by atoms with Crippen molar-refractivity contribution in [1.82, 2.24) is 5.32 Å². The number of carbonyl (C=O) groups is 2. The van der Waals surface area contributed by atoms with Crippen molar-refractivity contribution in [2.75, 3.05) is 0 Å². The van der Waals surface area contributed by atoms with Gasteiger partial charge >= 0.3 is 0 Å². The Morgan fingerprint density at radius 2 is 1.94 bits per heavy atom.